The average molecular weight is 334 g/mol. The van der Waals surface area contributed by atoms with Crippen LogP contribution in [-0.4, -0.2) is 29.0 Å². The Morgan fingerprint density at radius 1 is 0.917 bits per heavy atom. The lowest BCUT2D eigenvalue weighted by molar-refractivity contribution is 0.0977. The average Bonchev–Trinajstić information content (AvgIpc) is 3.14. The zero-order valence-corrected chi connectivity index (χ0v) is 14.1. The number of rotatable bonds is 1. The Labute approximate surface area is 146 Å². The van der Waals surface area contributed by atoms with Crippen molar-refractivity contribution in [3.05, 3.63) is 60.2 Å². The molecule has 0 spiro atoms. The van der Waals surface area contributed by atoms with Crippen LogP contribution in [0.5, 0.6) is 0 Å². The molecule has 3 nitrogen and oxygen atoms in total. The fraction of sp³-hybridized carbons (Fsp3) is 0.200. The van der Waals surface area contributed by atoms with Crippen LogP contribution in [0, 0.1) is 0 Å². The standard InChI is InChI=1S/C20H18N2OS/c23-19(21-20(24)22-11-5-6-12-22)18-16-9-3-1-7-14(16)13-15-8-2-4-10-17(15)18/h1-4,7-10,13H,5-6,11-12H2,(H,21,23,24). The highest BCUT2D eigenvalue weighted by Crippen LogP contribution is 2.28. The highest BCUT2D eigenvalue weighted by atomic mass is 32.1. The van der Waals surface area contributed by atoms with Crippen LogP contribution in [0.2, 0.25) is 0 Å². The lowest BCUT2D eigenvalue weighted by Gasteiger charge is -2.19. The van der Waals surface area contributed by atoms with Gasteiger partial charge >= 0.3 is 0 Å². The topological polar surface area (TPSA) is 32.3 Å². The number of fused-ring (bicyclic) bond motifs is 2. The third-order valence-corrected chi connectivity index (χ3v) is 4.97. The van der Waals surface area contributed by atoms with E-state index < -0.39 is 0 Å². The normalized spacial score (nSPS) is 14.2. The summed E-state index contributed by atoms with van der Waals surface area (Å²) in [5, 5.41) is 7.52. The molecule has 0 radical (unpaired) electrons. The number of hydrogen-bond acceptors (Lipinski definition) is 2. The van der Waals surface area contributed by atoms with Gasteiger partial charge in [-0.15, -0.1) is 0 Å². The molecule has 0 bridgehead atoms. The third kappa shape index (κ3) is 2.63. The molecule has 0 atom stereocenters. The molecule has 4 heteroatoms. The van der Waals surface area contributed by atoms with Gasteiger partial charge in [-0.25, -0.2) is 0 Å². The predicted octanol–water partition coefficient (Wildman–Crippen LogP) is 4.10. The van der Waals surface area contributed by atoms with Crippen LogP contribution in [0.1, 0.15) is 23.2 Å². The van der Waals surface area contributed by atoms with Gasteiger partial charge in [0.2, 0.25) is 0 Å². The van der Waals surface area contributed by atoms with Gasteiger partial charge in [-0.05, 0) is 52.7 Å². The maximum Gasteiger partial charge on any atom is 0.258 e. The molecule has 1 N–H and O–H groups in total. The summed E-state index contributed by atoms with van der Waals surface area (Å²) in [5.41, 5.74) is 0.699. The molecule has 1 aliphatic heterocycles. The number of benzene rings is 3. The molecule has 3 aromatic carbocycles. The largest absolute Gasteiger partial charge is 0.349 e. The summed E-state index contributed by atoms with van der Waals surface area (Å²) in [6.07, 6.45) is 2.26. The van der Waals surface area contributed by atoms with Crippen molar-refractivity contribution in [3.8, 4) is 0 Å². The van der Waals surface area contributed by atoms with E-state index in [1.807, 2.05) is 48.5 Å². The fourth-order valence-corrected chi connectivity index (χ4v) is 3.69. The first-order valence-electron chi connectivity index (χ1n) is 8.25. The molecular weight excluding hydrogens is 316 g/mol. The van der Waals surface area contributed by atoms with E-state index in [1.165, 1.54) is 0 Å². The Bertz CT molecular complexity index is 891. The summed E-state index contributed by atoms with van der Waals surface area (Å²) in [4.78, 5) is 15.1. The smallest absolute Gasteiger partial charge is 0.258 e. The minimum atomic E-state index is -0.125. The summed E-state index contributed by atoms with van der Waals surface area (Å²) in [6, 6.07) is 18.1. The second-order valence-electron chi connectivity index (χ2n) is 6.15. The Morgan fingerprint density at radius 3 is 2.04 bits per heavy atom. The van der Waals surface area contributed by atoms with Gasteiger partial charge in [-0.2, -0.15) is 0 Å². The van der Waals surface area contributed by atoms with E-state index in [-0.39, 0.29) is 5.91 Å². The van der Waals surface area contributed by atoms with Crippen molar-refractivity contribution >= 4 is 44.8 Å². The highest BCUT2D eigenvalue weighted by molar-refractivity contribution is 7.80. The van der Waals surface area contributed by atoms with Gasteiger partial charge in [0.25, 0.3) is 5.91 Å². The van der Waals surface area contributed by atoms with E-state index in [0.717, 1.165) is 47.5 Å². The van der Waals surface area contributed by atoms with Crippen molar-refractivity contribution in [2.45, 2.75) is 12.8 Å². The van der Waals surface area contributed by atoms with E-state index in [1.54, 1.807) is 0 Å². The van der Waals surface area contributed by atoms with E-state index in [9.17, 15) is 4.79 Å². The maximum absolute atomic E-state index is 13.0. The van der Waals surface area contributed by atoms with Crippen molar-refractivity contribution in [2.75, 3.05) is 13.1 Å². The van der Waals surface area contributed by atoms with Crippen molar-refractivity contribution in [2.24, 2.45) is 0 Å². The van der Waals surface area contributed by atoms with Gasteiger partial charge in [-0.1, -0.05) is 48.5 Å². The molecule has 0 aliphatic carbocycles. The fourth-order valence-electron chi connectivity index (χ4n) is 3.42. The SMILES string of the molecule is O=C(NC(=S)N1CCCC1)c1c2ccccc2cc2ccccc12. The highest BCUT2D eigenvalue weighted by Gasteiger charge is 2.20. The Kier molecular flexibility index (Phi) is 3.90. The minimum absolute atomic E-state index is 0.125. The molecule has 3 aromatic rings. The Hall–Kier alpha value is -2.46. The number of amides is 1. The molecule has 1 amide bonds. The van der Waals surface area contributed by atoms with E-state index in [0.29, 0.717) is 10.7 Å². The van der Waals surface area contributed by atoms with Crippen molar-refractivity contribution in [3.63, 3.8) is 0 Å². The quantitative estimate of drug-likeness (QED) is 0.537. The van der Waals surface area contributed by atoms with Crippen LogP contribution in [0.15, 0.2) is 54.6 Å². The monoisotopic (exact) mass is 334 g/mol. The second-order valence-corrected chi connectivity index (χ2v) is 6.53. The van der Waals surface area contributed by atoms with Crippen LogP contribution in [0.25, 0.3) is 21.5 Å². The number of carbonyl (C=O) groups excluding carboxylic acids is 1. The van der Waals surface area contributed by atoms with Crippen molar-refractivity contribution < 1.29 is 4.79 Å². The van der Waals surface area contributed by atoms with Crippen LogP contribution in [-0.2, 0) is 0 Å². The maximum atomic E-state index is 13.0. The zero-order chi connectivity index (χ0) is 16.5. The second kappa shape index (κ2) is 6.21. The van der Waals surface area contributed by atoms with Crippen molar-refractivity contribution in [1.29, 1.82) is 0 Å². The van der Waals surface area contributed by atoms with E-state index >= 15 is 0 Å². The molecule has 24 heavy (non-hydrogen) atoms. The Morgan fingerprint density at radius 2 is 1.46 bits per heavy atom. The number of hydrogen-bond donors (Lipinski definition) is 1. The van der Waals surface area contributed by atoms with Gasteiger partial charge in [0.1, 0.15) is 0 Å². The number of likely N-dealkylation sites (tertiary alicyclic amines) is 1. The summed E-state index contributed by atoms with van der Waals surface area (Å²) in [6.45, 7) is 1.85. The van der Waals surface area contributed by atoms with Crippen LogP contribution < -0.4 is 5.32 Å². The van der Waals surface area contributed by atoms with Gasteiger partial charge < -0.3 is 4.90 Å². The summed E-state index contributed by atoms with van der Waals surface area (Å²) >= 11 is 5.43. The summed E-state index contributed by atoms with van der Waals surface area (Å²) < 4.78 is 0. The van der Waals surface area contributed by atoms with E-state index in [2.05, 4.69) is 16.3 Å². The minimum Gasteiger partial charge on any atom is -0.349 e. The first-order valence-corrected chi connectivity index (χ1v) is 8.65. The molecule has 0 unspecified atom stereocenters. The number of nitrogens with zero attached hydrogens (tertiary/aromatic N) is 1. The number of carbonyl (C=O) groups is 1. The lowest BCUT2D eigenvalue weighted by atomic mass is 9.96. The summed E-state index contributed by atoms with van der Waals surface area (Å²) in [5.74, 6) is -0.125. The molecule has 1 aliphatic rings. The molecule has 0 saturated carbocycles. The first-order chi connectivity index (χ1) is 11.7. The Balaban J connectivity index is 1.80. The predicted molar refractivity (Wildman–Crippen MR) is 102 cm³/mol. The molecule has 0 aromatic heterocycles. The third-order valence-electron chi connectivity index (χ3n) is 4.61. The molecule has 120 valence electrons. The van der Waals surface area contributed by atoms with Crippen molar-refractivity contribution in [1.82, 2.24) is 10.2 Å². The zero-order valence-electron chi connectivity index (χ0n) is 13.3. The molecule has 1 fully saturated rings. The van der Waals surface area contributed by atoms with Crippen LogP contribution in [0.4, 0.5) is 0 Å². The molecule has 1 saturated heterocycles. The van der Waals surface area contributed by atoms with Gasteiger partial charge in [0, 0.05) is 13.1 Å². The summed E-state index contributed by atoms with van der Waals surface area (Å²) in [7, 11) is 0. The number of thiocarbonyl (C=S) groups is 1. The van der Waals surface area contributed by atoms with E-state index in [4.69, 9.17) is 12.2 Å². The molecule has 4 rings (SSSR count). The number of nitrogens with one attached hydrogen (secondary N) is 1. The molecular formula is C20H18N2OS. The van der Waals surface area contributed by atoms with Crippen LogP contribution in [0.3, 0.4) is 0 Å². The first kappa shape index (κ1) is 15.1. The van der Waals surface area contributed by atoms with Crippen LogP contribution >= 0.6 is 12.2 Å². The lowest BCUT2D eigenvalue weighted by Crippen LogP contribution is -2.41. The molecule has 1 heterocycles. The van der Waals surface area contributed by atoms with Gasteiger partial charge in [0.05, 0.1) is 5.56 Å². The van der Waals surface area contributed by atoms with Gasteiger partial charge in [-0.3, -0.25) is 10.1 Å². The van der Waals surface area contributed by atoms with Gasteiger partial charge in [0.15, 0.2) is 5.11 Å².